The Bertz CT molecular complexity index is 1470. The van der Waals surface area contributed by atoms with Gasteiger partial charge in [0.15, 0.2) is 5.76 Å². The third-order valence-corrected chi connectivity index (χ3v) is 5.16. The highest BCUT2D eigenvalue weighted by Gasteiger charge is 2.30. The van der Waals surface area contributed by atoms with E-state index in [1.807, 2.05) is 6.92 Å². The van der Waals surface area contributed by atoms with Crippen molar-refractivity contribution in [3.8, 4) is 23.0 Å². The van der Waals surface area contributed by atoms with E-state index in [9.17, 15) is 28.1 Å². The van der Waals surface area contributed by atoms with Gasteiger partial charge in [-0.15, -0.1) is 0 Å². The van der Waals surface area contributed by atoms with Crippen molar-refractivity contribution in [2.75, 3.05) is 11.9 Å². The lowest BCUT2D eigenvalue weighted by Gasteiger charge is -2.11. The standard InChI is InChI=1S/C27H21F3N2O7/c1-2-36-20-6-8-21(9-7-20)37-16-23-10-11-25(39-23)26(33)31-18-13-19(32(34)35)15-24(14-18)38-22-5-3-4-17(12-22)27(28,29)30/h3-15H,2,16H2,1H3,(H,31,33). The molecule has 0 aliphatic carbocycles. The lowest BCUT2D eigenvalue weighted by Crippen LogP contribution is -2.11. The molecule has 4 rings (SSSR count). The maximum atomic E-state index is 13.0. The van der Waals surface area contributed by atoms with E-state index in [1.165, 1.54) is 18.2 Å². The fourth-order valence-electron chi connectivity index (χ4n) is 3.42. The number of nitrogens with zero attached hydrogens (tertiary/aromatic N) is 1. The normalized spacial score (nSPS) is 11.1. The Balaban J connectivity index is 1.44. The number of nitro benzene ring substituents is 1. The lowest BCUT2D eigenvalue weighted by atomic mass is 10.2. The predicted octanol–water partition coefficient (Wildman–Crippen LogP) is 7.23. The van der Waals surface area contributed by atoms with E-state index in [0.29, 0.717) is 23.9 Å². The smallest absolute Gasteiger partial charge is 0.416 e. The quantitative estimate of drug-likeness (QED) is 0.166. The molecule has 0 bridgehead atoms. The van der Waals surface area contributed by atoms with Crippen LogP contribution in [0.2, 0.25) is 0 Å². The van der Waals surface area contributed by atoms with Gasteiger partial charge in [-0.1, -0.05) is 6.07 Å². The van der Waals surface area contributed by atoms with E-state index in [-0.39, 0.29) is 29.6 Å². The minimum absolute atomic E-state index is 0.0280. The number of halogens is 3. The first-order chi connectivity index (χ1) is 18.6. The number of nitro groups is 1. The average Bonchev–Trinajstić information content (AvgIpc) is 3.37. The van der Waals surface area contributed by atoms with Crippen molar-refractivity contribution < 1.29 is 41.5 Å². The van der Waals surface area contributed by atoms with Gasteiger partial charge in [-0.2, -0.15) is 13.2 Å². The van der Waals surface area contributed by atoms with Crippen LogP contribution in [0.4, 0.5) is 24.5 Å². The molecule has 0 aliphatic rings. The zero-order chi connectivity index (χ0) is 28.0. The van der Waals surface area contributed by atoms with Crippen LogP contribution >= 0.6 is 0 Å². The molecular formula is C27H21F3N2O7. The molecule has 0 fully saturated rings. The van der Waals surface area contributed by atoms with Crippen molar-refractivity contribution in [1.29, 1.82) is 0 Å². The summed E-state index contributed by atoms with van der Waals surface area (Å²) in [5.74, 6) is 0.465. The predicted molar refractivity (Wildman–Crippen MR) is 133 cm³/mol. The molecule has 0 radical (unpaired) electrons. The van der Waals surface area contributed by atoms with Gasteiger partial charge in [0.2, 0.25) is 0 Å². The second kappa shape index (κ2) is 11.6. The number of anilines is 1. The van der Waals surface area contributed by atoms with Crippen LogP contribution in [0, 0.1) is 10.1 Å². The second-order valence-electron chi connectivity index (χ2n) is 8.01. The van der Waals surface area contributed by atoms with Crippen LogP contribution in [0.5, 0.6) is 23.0 Å². The number of hydrogen-bond donors (Lipinski definition) is 1. The van der Waals surface area contributed by atoms with Gasteiger partial charge in [0.1, 0.15) is 35.4 Å². The summed E-state index contributed by atoms with van der Waals surface area (Å²) in [6.45, 7) is 2.45. The first-order valence-corrected chi connectivity index (χ1v) is 11.5. The highest BCUT2D eigenvalue weighted by molar-refractivity contribution is 6.02. The van der Waals surface area contributed by atoms with E-state index in [4.69, 9.17) is 18.6 Å². The Morgan fingerprint density at radius 3 is 2.31 bits per heavy atom. The van der Waals surface area contributed by atoms with Crippen molar-refractivity contribution in [3.05, 3.63) is 106 Å². The molecule has 1 heterocycles. The van der Waals surface area contributed by atoms with Gasteiger partial charge in [-0.3, -0.25) is 14.9 Å². The summed E-state index contributed by atoms with van der Waals surface area (Å²) >= 11 is 0. The van der Waals surface area contributed by atoms with E-state index in [1.54, 1.807) is 30.3 Å². The van der Waals surface area contributed by atoms with Gasteiger partial charge in [0.05, 0.1) is 28.8 Å². The van der Waals surface area contributed by atoms with Crippen LogP contribution in [-0.2, 0) is 12.8 Å². The van der Waals surface area contributed by atoms with E-state index >= 15 is 0 Å². The number of ether oxygens (including phenoxy) is 3. The Labute approximate surface area is 219 Å². The Hall–Kier alpha value is -5.00. The maximum absolute atomic E-state index is 13.0. The molecule has 0 spiro atoms. The Kier molecular flexibility index (Phi) is 8.04. The number of alkyl halides is 3. The minimum Gasteiger partial charge on any atom is -0.494 e. The summed E-state index contributed by atoms with van der Waals surface area (Å²) in [4.78, 5) is 23.4. The Morgan fingerprint density at radius 2 is 1.64 bits per heavy atom. The molecule has 1 aromatic heterocycles. The summed E-state index contributed by atoms with van der Waals surface area (Å²) in [5.41, 5.74) is -1.42. The van der Waals surface area contributed by atoms with Gasteiger partial charge >= 0.3 is 6.18 Å². The highest BCUT2D eigenvalue weighted by atomic mass is 19.4. The number of carbonyl (C=O) groups excluding carboxylic acids is 1. The van der Waals surface area contributed by atoms with Crippen molar-refractivity contribution in [2.45, 2.75) is 19.7 Å². The van der Waals surface area contributed by atoms with Gasteiger partial charge in [-0.25, -0.2) is 0 Å². The molecule has 0 unspecified atom stereocenters. The van der Waals surface area contributed by atoms with Crippen LogP contribution < -0.4 is 19.5 Å². The van der Waals surface area contributed by atoms with Gasteiger partial charge in [0.25, 0.3) is 11.6 Å². The number of rotatable bonds is 10. The van der Waals surface area contributed by atoms with Crippen LogP contribution in [0.1, 0.15) is 28.8 Å². The summed E-state index contributed by atoms with van der Waals surface area (Å²) in [6.07, 6.45) is -4.59. The van der Waals surface area contributed by atoms with Crippen LogP contribution in [-0.4, -0.2) is 17.4 Å². The molecule has 39 heavy (non-hydrogen) atoms. The van der Waals surface area contributed by atoms with Crippen molar-refractivity contribution >= 4 is 17.3 Å². The van der Waals surface area contributed by atoms with Crippen molar-refractivity contribution in [1.82, 2.24) is 0 Å². The molecule has 0 saturated heterocycles. The van der Waals surface area contributed by atoms with Crippen LogP contribution in [0.25, 0.3) is 0 Å². The third kappa shape index (κ3) is 7.28. The summed E-state index contributed by atoms with van der Waals surface area (Å²) in [6, 6.07) is 17.3. The minimum atomic E-state index is -4.59. The zero-order valence-corrected chi connectivity index (χ0v) is 20.4. The van der Waals surface area contributed by atoms with Crippen molar-refractivity contribution in [3.63, 3.8) is 0 Å². The summed E-state index contributed by atoms with van der Waals surface area (Å²) in [7, 11) is 0. The summed E-state index contributed by atoms with van der Waals surface area (Å²) in [5, 5.41) is 13.9. The van der Waals surface area contributed by atoms with E-state index in [0.717, 1.165) is 30.3 Å². The molecule has 1 N–H and O–H groups in total. The van der Waals surface area contributed by atoms with Gasteiger partial charge < -0.3 is 23.9 Å². The highest BCUT2D eigenvalue weighted by Crippen LogP contribution is 2.34. The molecule has 3 aromatic carbocycles. The molecular weight excluding hydrogens is 521 g/mol. The largest absolute Gasteiger partial charge is 0.494 e. The molecule has 12 heteroatoms. The molecule has 0 aliphatic heterocycles. The Morgan fingerprint density at radius 1 is 0.923 bits per heavy atom. The number of nitrogens with one attached hydrogen (secondary N) is 1. The number of hydrogen-bond acceptors (Lipinski definition) is 7. The number of benzene rings is 3. The first kappa shape index (κ1) is 27.0. The van der Waals surface area contributed by atoms with Gasteiger partial charge in [-0.05, 0) is 61.5 Å². The third-order valence-electron chi connectivity index (χ3n) is 5.16. The average molecular weight is 542 g/mol. The molecule has 0 saturated carbocycles. The number of amides is 1. The van der Waals surface area contributed by atoms with Crippen LogP contribution in [0.3, 0.4) is 0 Å². The number of furan rings is 1. The second-order valence-corrected chi connectivity index (χ2v) is 8.01. The summed E-state index contributed by atoms with van der Waals surface area (Å²) < 4.78 is 61.0. The molecule has 4 aromatic rings. The van der Waals surface area contributed by atoms with Gasteiger partial charge in [0, 0.05) is 12.1 Å². The zero-order valence-electron chi connectivity index (χ0n) is 20.4. The van der Waals surface area contributed by atoms with Crippen LogP contribution in [0.15, 0.2) is 83.3 Å². The SMILES string of the molecule is CCOc1ccc(OCc2ccc(C(=O)Nc3cc(Oc4cccc(C(F)(F)F)c4)cc([N+](=O)[O-])c3)o2)cc1. The lowest BCUT2D eigenvalue weighted by molar-refractivity contribution is -0.384. The first-order valence-electron chi connectivity index (χ1n) is 11.5. The molecule has 0 atom stereocenters. The molecule has 202 valence electrons. The van der Waals surface area contributed by atoms with E-state index < -0.39 is 28.3 Å². The maximum Gasteiger partial charge on any atom is 0.416 e. The topological polar surface area (TPSA) is 113 Å². The molecule has 1 amide bonds. The fourth-order valence-corrected chi connectivity index (χ4v) is 3.42. The monoisotopic (exact) mass is 542 g/mol. The van der Waals surface area contributed by atoms with E-state index in [2.05, 4.69) is 5.32 Å². The van der Waals surface area contributed by atoms with Crippen molar-refractivity contribution in [2.24, 2.45) is 0 Å². The number of non-ortho nitro benzene ring substituents is 1. The molecule has 9 nitrogen and oxygen atoms in total. The fraction of sp³-hybridized carbons (Fsp3) is 0.148. The number of carbonyl (C=O) groups is 1.